The maximum atomic E-state index is 13.2. The van der Waals surface area contributed by atoms with Crippen LogP contribution in [0.2, 0.25) is 0 Å². The van der Waals surface area contributed by atoms with Gasteiger partial charge in [0.2, 0.25) is 11.8 Å². The molecule has 0 spiro atoms. The lowest BCUT2D eigenvalue weighted by Gasteiger charge is -2.59. The van der Waals surface area contributed by atoms with Crippen LogP contribution in [0.4, 0.5) is 5.69 Å². The molecule has 2 amide bonds. The number of nitrogens with one attached hydrogen (secondary N) is 1. The summed E-state index contributed by atoms with van der Waals surface area (Å²) in [7, 11) is -3.31. The molecule has 2 atom stereocenters. The van der Waals surface area contributed by atoms with E-state index in [0.29, 0.717) is 19.0 Å². The van der Waals surface area contributed by atoms with Crippen molar-refractivity contribution in [2.75, 3.05) is 23.9 Å². The van der Waals surface area contributed by atoms with Crippen molar-refractivity contribution in [3.63, 3.8) is 0 Å². The minimum absolute atomic E-state index is 0.0424. The Hall–Kier alpha value is -1.81. The van der Waals surface area contributed by atoms with E-state index in [0.717, 1.165) is 60.9 Å². The number of nitrogens with two attached hydrogens (primary N) is 1. The third kappa shape index (κ3) is 3.90. The Kier molecular flexibility index (Phi) is 5.90. The standard InChI is InChI=1S/C25H38N4O4S/c1-15-7-16(2)23(17(3)8-15)29-6-4-5-28(34(29,32)33)14-21(30)27-22-19-9-18-10-20(22)13-25(11-18,12-19)24(26)31/h7-8,18-20,22,32-33H,4-6,9-14H2,1-3H3,(H2,26,31)(H,27,30). The fourth-order valence-corrected chi connectivity index (χ4v) is 9.54. The molecule has 1 aromatic carbocycles. The summed E-state index contributed by atoms with van der Waals surface area (Å²) in [5.41, 5.74) is 9.39. The molecule has 5 N–H and O–H groups in total. The van der Waals surface area contributed by atoms with Gasteiger partial charge in [-0.2, -0.15) is 4.31 Å². The van der Waals surface area contributed by atoms with Gasteiger partial charge in [0.1, 0.15) is 0 Å². The molecule has 4 saturated carbocycles. The molecule has 9 heteroatoms. The molecule has 4 bridgehead atoms. The zero-order valence-corrected chi connectivity index (χ0v) is 21.2. The van der Waals surface area contributed by atoms with Gasteiger partial charge in [0.25, 0.3) is 0 Å². The molecule has 188 valence electrons. The van der Waals surface area contributed by atoms with Gasteiger partial charge in [0.15, 0.2) is 0 Å². The predicted octanol–water partition coefficient (Wildman–Crippen LogP) is 3.50. The molecule has 1 heterocycles. The maximum Gasteiger partial charge on any atom is 0.236 e. The van der Waals surface area contributed by atoms with Gasteiger partial charge in [0, 0.05) is 24.5 Å². The van der Waals surface area contributed by atoms with Gasteiger partial charge in [-0.05, 0) is 99.1 Å². The van der Waals surface area contributed by atoms with E-state index in [9.17, 15) is 18.7 Å². The average molecular weight is 491 g/mol. The van der Waals surface area contributed by atoms with Crippen molar-refractivity contribution in [2.24, 2.45) is 28.9 Å². The third-order valence-corrected chi connectivity index (χ3v) is 10.7. The first kappa shape index (κ1) is 23.9. The van der Waals surface area contributed by atoms with E-state index < -0.39 is 11.0 Å². The molecular weight excluding hydrogens is 452 g/mol. The number of anilines is 1. The Bertz CT molecular complexity index is 976. The lowest BCUT2D eigenvalue weighted by atomic mass is 9.47. The van der Waals surface area contributed by atoms with Gasteiger partial charge in [-0.25, -0.2) is 0 Å². The van der Waals surface area contributed by atoms with Gasteiger partial charge in [0.05, 0.1) is 12.2 Å². The number of amides is 2. The van der Waals surface area contributed by atoms with Crippen LogP contribution in [0.15, 0.2) is 12.1 Å². The number of carbonyl (C=O) groups is 2. The van der Waals surface area contributed by atoms with Crippen LogP contribution in [0, 0.1) is 43.9 Å². The summed E-state index contributed by atoms with van der Waals surface area (Å²) in [5, 5.41) is 3.23. The molecule has 1 aromatic rings. The minimum atomic E-state index is -3.31. The SMILES string of the molecule is Cc1cc(C)c(N2CCCN(CC(=O)NC3C4CC5CC3CC(C(N)=O)(C5)C4)S2(O)O)c(C)c1. The van der Waals surface area contributed by atoms with Gasteiger partial charge >= 0.3 is 0 Å². The molecule has 1 aliphatic heterocycles. The Labute approximate surface area is 203 Å². The predicted molar refractivity (Wildman–Crippen MR) is 134 cm³/mol. The van der Waals surface area contributed by atoms with Crippen LogP contribution in [0.25, 0.3) is 0 Å². The zero-order chi connectivity index (χ0) is 24.4. The Morgan fingerprint density at radius 3 is 2.29 bits per heavy atom. The van der Waals surface area contributed by atoms with E-state index in [2.05, 4.69) is 17.4 Å². The average Bonchev–Trinajstić information content (AvgIpc) is 2.72. The molecular formula is C25H38N4O4S. The fourth-order valence-electron chi connectivity index (χ4n) is 7.69. The highest BCUT2D eigenvalue weighted by atomic mass is 32.3. The van der Waals surface area contributed by atoms with Crippen molar-refractivity contribution in [2.45, 2.75) is 65.3 Å². The van der Waals surface area contributed by atoms with E-state index in [4.69, 9.17) is 5.73 Å². The Morgan fingerprint density at radius 1 is 1.09 bits per heavy atom. The molecule has 0 aromatic heterocycles. The van der Waals surface area contributed by atoms with E-state index in [1.54, 1.807) is 4.31 Å². The van der Waals surface area contributed by atoms with Crippen molar-refractivity contribution < 1.29 is 18.7 Å². The minimum Gasteiger partial charge on any atom is -0.369 e. The molecule has 2 unspecified atom stereocenters. The van der Waals surface area contributed by atoms with Crippen molar-refractivity contribution in [3.8, 4) is 0 Å². The van der Waals surface area contributed by atoms with E-state index in [1.807, 2.05) is 20.8 Å². The smallest absolute Gasteiger partial charge is 0.236 e. The van der Waals surface area contributed by atoms with Gasteiger partial charge < -0.3 is 11.1 Å². The van der Waals surface area contributed by atoms with Crippen molar-refractivity contribution in [1.29, 1.82) is 0 Å². The number of carbonyl (C=O) groups excluding carboxylic acids is 2. The molecule has 8 nitrogen and oxygen atoms in total. The highest BCUT2D eigenvalue weighted by Gasteiger charge is 2.58. The normalized spacial score (nSPS) is 35.3. The van der Waals surface area contributed by atoms with Crippen LogP contribution >= 0.6 is 11.0 Å². The zero-order valence-electron chi connectivity index (χ0n) is 20.4. The fraction of sp³-hybridized carbons (Fsp3) is 0.680. The van der Waals surface area contributed by atoms with Crippen LogP contribution < -0.4 is 15.4 Å². The molecule has 34 heavy (non-hydrogen) atoms. The summed E-state index contributed by atoms with van der Waals surface area (Å²) in [5.74, 6) is 0.727. The number of rotatable bonds is 5. The first-order valence-electron chi connectivity index (χ1n) is 12.5. The summed E-state index contributed by atoms with van der Waals surface area (Å²) in [6.07, 6.45) is 5.24. The van der Waals surface area contributed by atoms with Crippen LogP contribution in [-0.2, 0) is 9.59 Å². The van der Waals surface area contributed by atoms with Crippen LogP contribution in [0.5, 0.6) is 0 Å². The monoisotopic (exact) mass is 490 g/mol. The van der Waals surface area contributed by atoms with E-state index >= 15 is 0 Å². The second-order valence-corrected chi connectivity index (χ2v) is 13.2. The molecule has 6 rings (SSSR count). The maximum absolute atomic E-state index is 13.2. The molecule has 1 saturated heterocycles. The lowest BCUT2D eigenvalue weighted by Crippen LogP contribution is -2.62. The number of primary amides is 1. The number of nitrogens with zero attached hydrogens (tertiary/aromatic N) is 2. The number of benzene rings is 1. The molecule has 5 aliphatic rings. The summed E-state index contributed by atoms with van der Waals surface area (Å²) in [4.78, 5) is 25.4. The highest BCUT2D eigenvalue weighted by molar-refractivity contribution is 8.23. The summed E-state index contributed by atoms with van der Waals surface area (Å²) in [6, 6.07) is 4.14. The number of hydrogen-bond acceptors (Lipinski definition) is 6. The van der Waals surface area contributed by atoms with Crippen molar-refractivity contribution in [3.05, 3.63) is 28.8 Å². The largest absolute Gasteiger partial charge is 0.369 e. The van der Waals surface area contributed by atoms with Crippen LogP contribution in [-0.4, -0.2) is 50.9 Å². The van der Waals surface area contributed by atoms with E-state index in [1.165, 1.54) is 4.31 Å². The van der Waals surface area contributed by atoms with Crippen molar-refractivity contribution >= 4 is 28.5 Å². The second kappa shape index (κ2) is 8.40. The molecule has 4 aliphatic carbocycles. The van der Waals surface area contributed by atoms with Gasteiger partial charge in [-0.1, -0.05) is 17.7 Å². The summed E-state index contributed by atoms with van der Waals surface area (Å²) >= 11 is 0. The topological polar surface area (TPSA) is 119 Å². The number of aryl methyl sites for hydroxylation is 3. The lowest BCUT2D eigenvalue weighted by molar-refractivity contribution is -0.147. The first-order chi connectivity index (χ1) is 16.0. The highest BCUT2D eigenvalue weighted by Crippen LogP contribution is 2.60. The quantitative estimate of drug-likeness (QED) is 0.502. The van der Waals surface area contributed by atoms with Crippen LogP contribution in [0.3, 0.4) is 0 Å². The van der Waals surface area contributed by atoms with Gasteiger partial charge in [-0.15, -0.1) is 0 Å². The number of hydrogen-bond donors (Lipinski definition) is 4. The summed E-state index contributed by atoms with van der Waals surface area (Å²) < 4.78 is 25.8. The summed E-state index contributed by atoms with van der Waals surface area (Å²) in [6.45, 7) is 6.95. The Morgan fingerprint density at radius 2 is 1.71 bits per heavy atom. The first-order valence-corrected chi connectivity index (χ1v) is 13.9. The third-order valence-electron chi connectivity index (χ3n) is 8.74. The molecule has 5 fully saturated rings. The Balaban J connectivity index is 1.29. The molecule has 0 radical (unpaired) electrons. The van der Waals surface area contributed by atoms with Crippen molar-refractivity contribution in [1.82, 2.24) is 9.62 Å². The second-order valence-electron chi connectivity index (χ2n) is 11.3. The van der Waals surface area contributed by atoms with Crippen LogP contribution in [0.1, 0.15) is 55.2 Å². The van der Waals surface area contributed by atoms with Gasteiger partial charge in [-0.3, -0.25) is 23.0 Å². The van der Waals surface area contributed by atoms with E-state index in [-0.39, 0.29) is 41.7 Å².